The van der Waals surface area contributed by atoms with Gasteiger partial charge in [-0.25, -0.2) is 8.42 Å². The lowest BCUT2D eigenvalue weighted by Crippen LogP contribution is -2.45. The molecule has 6 rings (SSSR count). The predicted molar refractivity (Wildman–Crippen MR) is 150 cm³/mol. The number of nitrogens with one attached hydrogen (secondary N) is 1. The fourth-order valence-corrected chi connectivity index (χ4v) is 8.05. The number of sulfonamides is 1. The molecule has 0 bridgehead atoms. The summed E-state index contributed by atoms with van der Waals surface area (Å²) in [5.74, 6) is -0.821. The number of rotatable bonds is 7. The second-order valence-corrected chi connectivity index (χ2v) is 13.4. The van der Waals surface area contributed by atoms with Crippen LogP contribution in [0.5, 0.6) is 0 Å². The third-order valence-corrected chi connectivity index (χ3v) is 10.7. The molecule has 7 nitrogen and oxygen atoms in total. The van der Waals surface area contributed by atoms with Gasteiger partial charge in [-0.3, -0.25) is 14.5 Å². The van der Waals surface area contributed by atoms with E-state index < -0.39 is 28.0 Å². The molecule has 3 aromatic rings. The van der Waals surface area contributed by atoms with Crippen LogP contribution in [0.15, 0.2) is 89.0 Å². The number of esters is 1. The number of benzene rings is 1. The van der Waals surface area contributed by atoms with Crippen LogP contribution >= 0.6 is 11.3 Å². The van der Waals surface area contributed by atoms with Crippen molar-refractivity contribution in [1.29, 1.82) is 0 Å². The molecule has 39 heavy (non-hydrogen) atoms. The summed E-state index contributed by atoms with van der Waals surface area (Å²) in [6, 6.07) is 16.1. The number of anilines is 1. The van der Waals surface area contributed by atoms with Crippen LogP contribution in [0.4, 0.5) is 5.69 Å². The first kappa shape index (κ1) is 26.0. The van der Waals surface area contributed by atoms with Crippen molar-refractivity contribution >= 4 is 33.0 Å². The Morgan fingerprint density at radius 1 is 1.08 bits per heavy atom. The number of aliphatic hydroxyl groups is 1. The van der Waals surface area contributed by atoms with Crippen molar-refractivity contribution in [2.24, 2.45) is 17.8 Å². The van der Waals surface area contributed by atoms with Crippen LogP contribution in [0.1, 0.15) is 43.6 Å². The number of fused-ring (bicyclic) bond motifs is 1. The minimum absolute atomic E-state index is 0.191. The Balaban J connectivity index is 1.26. The summed E-state index contributed by atoms with van der Waals surface area (Å²) >= 11 is 1.16. The first-order valence-electron chi connectivity index (χ1n) is 13.3. The molecule has 2 N–H and O–H groups in total. The Labute approximate surface area is 232 Å². The van der Waals surface area contributed by atoms with E-state index in [0.29, 0.717) is 11.4 Å². The van der Waals surface area contributed by atoms with Gasteiger partial charge in [-0.05, 0) is 86.1 Å². The highest BCUT2D eigenvalue weighted by Crippen LogP contribution is 2.51. The third-order valence-electron chi connectivity index (χ3n) is 7.72. The molecular weight excluding hydrogens is 532 g/mol. The molecule has 202 valence electrons. The molecule has 2 aromatic heterocycles. The Morgan fingerprint density at radius 2 is 1.95 bits per heavy atom. The van der Waals surface area contributed by atoms with E-state index in [4.69, 9.17) is 4.74 Å². The first-order valence-corrected chi connectivity index (χ1v) is 15.6. The zero-order chi connectivity index (χ0) is 27.0. The van der Waals surface area contributed by atoms with E-state index in [-0.39, 0.29) is 22.0 Å². The molecule has 0 amide bonds. The molecule has 2 aliphatic carbocycles. The van der Waals surface area contributed by atoms with Crippen molar-refractivity contribution < 1.29 is 23.1 Å². The highest BCUT2D eigenvalue weighted by molar-refractivity contribution is 7.94. The van der Waals surface area contributed by atoms with Crippen LogP contribution in [0.2, 0.25) is 0 Å². The molecule has 1 aliphatic heterocycles. The van der Waals surface area contributed by atoms with Crippen LogP contribution in [0, 0.1) is 17.8 Å². The first-order chi connectivity index (χ1) is 18.9. The summed E-state index contributed by atoms with van der Waals surface area (Å²) in [5, 5.41) is 11.5. The van der Waals surface area contributed by atoms with E-state index >= 15 is 0 Å². The van der Waals surface area contributed by atoms with E-state index in [1.165, 1.54) is 0 Å². The number of nitrogens with zero attached hydrogens (tertiary/aromatic N) is 1. The summed E-state index contributed by atoms with van der Waals surface area (Å²) in [4.78, 5) is 18.3. The molecule has 4 unspecified atom stereocenters. The van der Waals surface area contributed by atoms with Gasteiger partial charge in [0.05, 0.1) is 22.6 Å². The Morgan fingerprint density at radius 3 is 2.74 bits per heavy atom. The fourth-order valence-electron chi connectivity index (χ4n) is 5.72. The van der Waals surface area contributed by atoms with Crippen LogP contribution in [0.25, 0.3) is 10.6 Å². The van der Waals surface area contributed by atoms with Crippen molar-refractivity contribution in [3.8, 4) is 10.6 Å². The smallest absolute Gasteiger partial charge is 0.317 e. The van der Waals surface area contributed by atoms with Crippen LogP contribution < -0.4 is 4.72 Å². The maximum absolute atomic E-state index is 13.3. The number of carbonyl (C=O) groups is 1. The van der Waals surface area contributed by atoms with Crippen molar-refractivity contribution in [2.45, 2.75) is 48.3 Å². The molecule has 3 aliphatic rings. The van der Waals surface area contributed by atoms with Gasteiger partial charge in [-0.1, -0.05) is 30.4 Å². The quantitative estimate of drug-likeness (QED) is 0.349. The number of hydrogen-bond donors (Lipinski definition) is 2. The monoisotopic (exact) mass is 562 g/mol. The van der Waals surface area contributed by atoms with Gasteiger partial charge in [0.2, 0.25) is 0 Å². The average Bonchev–Trinajstić information content (AvgIpc) is 3.61. The third kappa shape index (κ3) is 5.44. The number of allylic oxidation sites excluding steroid dienone is 3. The molecule has 9 heteroatoms. The molecular formula is C30H30N2O5S2. The average molecular weight is 563 g/mol. The van der Waals surface area contributed by atoms with Crippen LogP contribution in [0.3, 0.4) is 0 Å². The zero-order valence-electron chi connectivity index (χ0n) is 21.3. The SMILES string of the molecule is O=C1OC2=CC=CCCCC2C(O)C1C(c1cccc(NS(=O)(=O)c2ccc(-c3ccccn3)s2)c1)C1CC1. The standard InChI is InChI=1S/C30H30N2O5S2/c33-29-22-10-3-1-2-4-12-24(22)37-30(34)28(29)27(19-13-14-19)20-8-7-9-21(18-20)32-39(35,36)26-16-15-25(38-26)23-11-5-6-17-31-23/h2,4-9,11-12,15-19,22,27-29,32-33H,1,3,10,13-14H2. The number of hydrogen-bond acceptors (Lipinski definition) is 7. The Bertz CT molecular complexity index is 1530. The Hall–Kier alpha value is -3.27. The van der Waals surface area contributed by atoms with Crippen LogP contribution in [-0.2, 0) is 19.6 Å². The zero-order valence-corrected chi connectivity index (χ0v) is 22.9. The normalized spacial score (nSPS) is 24.1. The minimum atomic E-state index is -3.83. The highest BCUT2D eigenvalue weighted by Gasteiger charge is 2.50. The second-order valence-electron chi connectivity index (χ2n) is 10.4. The van der Waals surface area contributed by atoms with Gasteiger partial charge in [0.15, 0.2) is 0 Å². The van der Waals surface area contributed by atoms with Gasteiger partial charge >= 0.3 is 5.97 Å². The highest BCUT2D eigenvalue weighted by atomic mass is 32.2. The summed E-state index contributed by atoms with van der Waals surface area (Å²) in [6.07, 6.45) is 11.1. The summed E-state index contributed by atoms with van der Waals surface area (Å²) in [7, 11) is -3.83. The number of pyridine rings is 1. The molecule has 2 fully saturated rings. The van der Waals surface area contributed by atoms with Gasteiger partial charge in [0, 0.05) is 23.7 Å². The molecule has 3 heterocycles. The van der Waals surface area contributed by atoms with Crippen LogP contribution in [-0.4, -0.2) is 30.6 Å². The fraction of sp³-hybridized carbons (Fsp3) is 0.333. The Kier molecular flexibility index (Phi) is 7.14. The lowest BCUT2D eigenvalue weighted by atomic mass is 9.72. The van der Waals surface area contributed by atoms with E-state index in [1.54, 1.807) is 42.6 Å². The van der Waals surface area contributed by atoms with E-state index in [1.807, 2.05) is 36.4 Å². The van der Waals surface area contributed by atoms with Crippen molar-refractivity contribution in [2.75, 3.05) is 4.72 Å². The van der Waals surface area contributed by atoms with Gasteiger partial charge in [-0.15, -0.1) is 11.3 Å². The van der Waals surface area contributed by atoms with Crippen molar-refractivity contribution in [3.63, 3.8) is 0 Å². The van der Waals surface area contributed by atoms with Gasteiger partial charge in [0.1, 0.15) is 9.97 Å². The van der Waals surface area contributed by atoms with Gasteiger partial charge in [0.25, 0.3) is 10.0 Å². The number of thiophene rings is 1. The topological polar surface area (TPSA) is 106 Å². The largest absolute Gasteiger partial charge is 0.430 e. The molecule has 0 spiro atoms. The maximum atomic E-state index is 13.3. The lowest BCUT2D eigenvalue weighted by Gasteiger charge is -2.39. The van der Waals surface area contributed by atoms with Crippen molar-refractivity contribution in [1.82, 2.24) is 4.98 Å². The summed E-state index contributed by atoms with van der Waals surface area (Å²) < 4.78 is 35.2. The van der Waals surface area contributed by atoms with Gasteiger partial charge < -0.3 is 9.84 Å². The minimum Gasteiger partial charge on any atom is -0.430 e. The summed E-state index contributed by atoms with van der Waals surface area (Å²) in [6.45, 7) is 0. The van der Waals surface area contributed by atoms with Crippen molar-refractivity contribution in [3.05, 3.63) is 90.3 Å². The van der Waals surface area contributed by atoms with E-state index in [9.17, 15) is 18.3 Å². The number of ether oxygens (including phenoxy) is 1. The van der Waals surface area contributed by atoms with E-state index in [2.05, 4.69) is 9.71 Å². The van der Waals surface area contributed by atoms with E-state index in [0.717, 1.165) is 59.6 Å². The molecule has 4 atom stereocenters. The lowest BCUT2D eigenvalue weighted by molar-refractivity contribution is -0.160. The second kappa shape index (κ2) is 10.7. The number of carbonyl (C=O) groups excluding carboxylic acids is 1. The number of aromatic nitrogens is 1. The summed E-state index contributed by atoms with van der Waals surface area (Å²) in [5.41, 5.74) is 1.97. The van der Waals surface area contributed by atoms with Gasteiger partial charge in [-0.2, -0.15) is 0 Å². The number of aliphatic hydroxyl groups excluding tert-OH is 1. The molecule has 1 saturated carbocycles. The molecule has 0 radical (unpaired) electrons. The molecule has 1 aromatic carbocycles. The predicted octanol–water partition coefficient (Wildman–Crippen LogP) is 5.88. The molecule has 1 saturated heterocycles. The maximum Gasteiger partial charge on any atom is 0.317 e.